The maximum Gasteiger partial charge on any atom is 0.215 e. The third-order valence-electron chi connectivity index (χ3n) is 2.83. The molecule has 0 N–H and O–H groups in total. The van der Waals surface area contributed by atoms with Gasteiger partial charge in [0.05, 0.1) is 7.11 Å². The topological polar surface area (TPSA) is 39.2 Å². The second-order valence-electron chi connectivity index (χ2n) is 3.93. The highest BCUT2D eigenvalue weighted by Gasteiger charge is 2.15. The van der Waals surface area contributed by atoms with Crippen molar-refractivity contribution in [1.82, 2.24) is 4.98 Å². The molecule has 1 heterocycles. The summed E-state index contributed by atoms with van der Waals surface area (Å²) in [5.41, 5.74) is 2.19. The minimum Gasteiger partial charge on any atom is -0.494 e. The molecule has 0 atom stereocenters. The van der Waals surface area contributed by atoms with E-state index < -0.39 is 0 Å². The number of pyridine rings is 1. The molecule has 1 aromatic heterocycles. The molecule has 92 valence electrons. The van der Waals surface area contributed by atoms with Gasteiger partial charge in [-0.25, -0.2) is 4.98 Å². The quantitative estimate of drug-likeness (QED) is 0.773. The predicted octanol–water partition coefficient (Wildman–Crippen LogP) is 2.88. The maximum absolute atomic E-state index is 12.3. The van der Waals surface area contributed by atoms with E-state index >= 15 is 0 Å². The average Bonchev–Trinajstić information content (AvgIpc) is 2.46. The molecule has 0 aliphatic carbocycles. The zero-order chi connectivity index (χ0) is 13.0. The number of benzene rings is 1. The Bertz CT molecular complexity index is 547. The first-order valence-electron chi connectivity index (χ1n) is 5.89. The van der Waals surface area contributed by atoms with E-state index in [0.717, 1.165) is 6.42 Å². The molecular formula is C15H15NO2. The molecule has 0 saturated heterocycles. The van der Waals surface area contributed by atoms with Crippen molar-refractivity contribution in [3.8, 4) is 5.75 Å². The normalized spacial score (nSPS) is 10.1. The Morgan fingerprint density at radius 2 is 1.94 bits per heavy atom. The van der Waals surface area contributed by atoms with E-state index in [2.05, 4.69) is 11.9 Å². The van der Waals surface area contributed by atoms with Crippen LogP contribution in [0.25, 0.3) is 0 Å². The molecule has 3 heteroatoms. The molecule has 2 aromatic rings. The van der Waals surface area contributed by atoms with Crippen molar-refractivity contribution in [1.29, 1.82) is 0 Å². The van der Waals surface area contributed by atoms with Crippen LogP contribution in [-0.2, 0) is 6.42 Å². The van der Waals surface area contributed by atoms with E-state index in [1.54, 1.807) is 18.3 Å². The number of ether oxygens (including phenoxy) is 1. The highest BCUT2D eigenvalue weighted by molar-refractivity contribution is 6.09. The molecule has 2 rings (SSSR count). The third-order valence-corrected chi connectivity index (χ3v) is 2.83. The van der Waals surface area contributed by atoms with E-state index in [1.807, 2.05) is 24.3 Å². The van der Waals surface area contributed by atoms with Gasteiger partial charge in [0, 0.05) is 11.8 Å². The van der Waals surface area contributed by atoms with Gasteiger partial charge in [-0.15, -0.1) is 0 Å². The Balaban J connectivity index is 2.35. The fourth-order valence-corrected chi connectivity index (χ4v) is 1.75. The first-order chi connectivity index (χ1) is 8.76. The van der Waals surface area contributed by atoms with Crippen LogP contribution in [0.15, 0.2) is 42.6 Å². The van der Waals surface area contributed by atoms with E-state index in [0.29, 0.717) is 17.0 Å². The number of hydrogen-bond donors (Lipinski definition) is 0. The first kappa shape index (κ1) is 12.3. The minimum absolute atomic E-state index is 0.116. The van der Waals surface area contributed by atoms with Crippen LogP contribution in [0.3, 0.4) is 0 Å². The Labute approximate surface area is 106 Å². The lowest BCUT2D eigenvalue weighted by atomic mass is 10.0. The minimum atomic E-state index is -0.116. The summed E-state index contributed by atoms with van der Waals surface area (Å²) in [6, 6.07) is 11.1. The van der Waals surface area contributed by atoms with Gasteiger partial charge < -0.3 is 4.74 Å². The molecule has 0 radical (unpaired) electrons. The van der Waals surface area contributed by atoms with Gasteiger partial charge in [-0.05, 0) is 24.1 Å². The lowest BCUT2D eigenvalue weighted by Crippen LogP contribution is -2.06. The lowest BCUT2D eigenvalue weighted by molar-refractivity contribution is 0.103. The molecule has 0 amide bonds. The predicted molar refractivity (Wildman–Crippen MR) is 70.0 cm³/mol. The summed E-state index contributed by atoms with van der Waals surface area (Å²) in [7, 11) is 1.54. The molecule has 0 fully saturated rings. The molecule has 0 aliphatic rings. The number of methoxy groups -OCH3 is 1. The SMILES string of the molecule is CCc1ccc(C(=O)c2ncccc2OC)cc1. The van der Waals surface area contributed by atoms with Crippen LogP contribution < -0.4 is 4.74 Å². The highest BCUT2D eigenvalue weighted by Crippen LogP contribution is 2.19. The number of aryl methyl sites for hydroxylation is 1. The first-order valence-corrected chi connectivity index (χ1v) is 5.89. The Hall–Kier alpha value is -2.16. The van der Waals surface area contributed by atoms with Crippen molar-refractivity contribution in [2.75, 3.05) is 7.11 Å². The smallest absolute Gasteiger partial charge is 0.215 e. The summed E-state index contributed by atoms with van der Waals surface area (Å²) >= 11 is 0. The van der Waals surface area contributed by atoms with Crippen molar-refractivity contribution in [3.05, 3.63) is 59.4 Å². The largest absolute Gasteiger partial charge is 0.494 e. The van der Waals surface area contributed by atoms with Crippen LogP contribution in [0.2, 0.25) is 0 Å². The Morgan fingerprint density at radius 1 is 1.22 bits per heavy atom. The van der Waals surface area contributed by atoms with Crippen molar-refractivity contribution < 1.29 is 9.53 Å². The van der Waals surface area contributed by atoms with Crippen molar-refractivity contribution in [3.63, 3.8) is 0 Å². The summed E-state index contributed by atoms with van der Waals surface area (Å²) in [4.78, 5) is 16.4. The van der Waals surface area contributed by atoms with Crippen LogP contribution in [0.4, 0.5) is 0 Å². The second kappa shape index (κ2) is 5.45. The van der Waals surface area contributed by atoms with Crippen molar-refractivity contribution in [2.45, 2.75) is 13.3 Å². The molecular weight excluding hydrogens is 226 g/mol. The molecule has 0 bridgehead atoms. The van der Waals surface area contributed by atoms with Gasteiger partial charge in [0.15, 0.2) is 5.69 Å². The number of aromatic nitrogens is 1. The second-order valence-corrected chi connectivity index (χ2v) is 3.93. The summed E-state index contributed by atoms with van der Waals surface area (Å²) in [5.74, 6) is 0.386. The number of carbonyl (C=O) groups excluding carboxylic acids is 1. The molecule has 18 heavy (non-hydrogen) atoms. The fraction of sp³-hybridized carbons (Fsp3) is 0.200. The number of nitrogens with zero attached hydrogens (tertiary/aromatic N) is 1. The van der Waals surface area contributed by atoms with Gasteiger partial charge in [-0.2, -0.15) is 0 Å². The zero-order valence-corrected chi connectivity index (χ0v) is 10.5. The van der Waals surface area contributed by atoms with Gasteiger partial charge in [0.25, 0.3) is 0 Å². The number of ketones is 1. The lowest BCUT2D eigenvalue weighted by Gasteiger charge is -2.06. The third kappa shape index (κ3) is 2.40. The van der Waals surface area contributed by atoms with Crippen molar-refractivity contribution in [2.24, 2.45) is 0 Å². The van der Waals surface area contributed by atoms with Crippen LogP contribution in [-0.4, -0.2) is 17.9 Å². The molecule has 0 aliphatic heterocycles. The van der Waals surface area contributed by atoms with E-state index in [1.165, 1.54) is 12.7 Å². The average molecular weight is 241 g/mol. The molecule has 0 saturated carbocycles. The van der Waals surface area contributed by atoms with E-state index in [-0.39, 0.29) is 5.78 Å². The molecule has 3 nitrogen and oxygen atoms in total. The van der Waals surface area contributed by atoms with Crippen LogP contribution in [0.1, 0.15) is 28.5 Å². The van der Waals surface area contributed by atoms with E-state index in [4.69, 9.17) is 4.74 Å². The van der Waals surface area contributed by atoms with Gasteiger partial charge in [0.2, 0.25) is 5.78 Å². The Morgan fingerprint density at radius 3 is 2.56 bits per heavy atom. The van der Waals surface area contributed by atoms with Gasteiger partial charge in [0.1, 0.15) is 5.75 Å². The standard InChI is InChI=1S/C15H15NO2/c1-3-11-6-8-12(9-7-11)15(17)14-13(18-2)5-4-10-16-14/h4-10H,3H2,1-2H3. The fourth-order valence-electron chi connectivity index (χ4n) is 1.75. The Kier molecular flexibility index (Phi) is 3.72. The van der Waals surface area contributed by atoms with Crippen LogP contribution in [0.5, 0.6) is 5.75 Å². The van der Waals surface area contributed by atoms with Crippen LogP contribution in [0, 0.1) is 0 Å². The summed E-state index contributed by atoms with van der Waals surface area (Å²) in [5, 5.41) is 0. The monoisotopic (exact) mass is 241 g/mol. The van der Waals surface area contributed by atoms with Crippen molar-refractivity contribution >= 4 is 5.78 Å². The summed E-state index contributed by atoms with van der Waals surface area (Å²) in [6.45, 7) is 2.08. The van der Waals surface area contributed by atoms with E-state index in [9.17, 15) is 4.79 Å². The maximum atomic E-state index is 12.3. The van der Waals surface area contributed by atoms with Gasteiger partial charge in [-0.3, -0.25) is 4.79 Å². The molecule has 0 unspecified atom stereocenters. The summed E-state index contributed by atoms with van der Waals surface area (Å²) < 4.78 is 5.15. The molecule has 0 spiro atoms. The van der Waals surface area contributed by atoms with Gasteiger partial charge >= 0.3 is 0 Å². The zero-order valence-electron chi connectivity index (χ0n) is 10.5. The number of rotatable bonds is 4. The summed E-state index contributed by atoms with van der Waals surface area (Å²) in [6.07, 6.45) is 2.55. The van der Waals surface area contributed by atoms with Crippen LogP contribution >= 0.6 is 0 Å². The number of hydrogen-bond acceptors (Lipinski definition) is 3. The number of carbonyl (C=O) groups is 1. The highest BCUT2D eigenvalue weighted by atomic mass is 16.5. The van der Waals surface area contributed by atoms with Gasteiger partial charge in [-0.1, -0.05) is 31.2 Å². The molecule has 1 aromatic carbocycles.